The van der Waals surface area contributed by atoms with Crippen LogP contribution in [-0.2, 0) is 0 Å². The normalized spacial score (nSPS) is 10.0. The molecule has 0 aliphatic rings. The van der Waals surface area contributed by atoms with Gasteiger partial charge in [0.15, 0.2) is 0 Å². The lowest BCUT2D eigenvalue weighted by atomic mass is 10.3. The van der Waals surface area contributed by atoms with Crippen LogP contribution in [0, 0.1) is 11.3 Å². The molecule has 0 amide bonds. The first-order valence-corrected chi connectivity index (χ1v) is 4.00. The van der Waals surface area contributed by atoms with E-state index in [1.807, 2.05) is 6.07 Å². The number of nitriles is 1. The number of rotatable bonds is 0. The number of aromatic nitrogens is 3. The predicted octanol–water partition coefficient (Wildman–Crippen LogP) is 1.59. The Morgan fingerprint density at radius 3 is 3.17 bits per heavy atom. The SMILES string of the molecule is N#Cc1cc2n[nH]c(Br)c2cn1. The topological polar surface area (TPSA) is 65.4 Å². The number of fused-ring (bicyclic) bond motifs is 1. The van der Waals surface area contributed by atoms with Gasteiger partial charge in [-0.1, -0.05) is 0 Å². The molecule has 1 N–H and O–H groups in total. The fourth-order valence-electron chi connectivity index (χ4n) is 0.937. The minimum Gasteiger partial charge on any atom is -0.270 e. The van der Waals surface area contributed by atoms with Gasteiger partial charge in [0.25, 0.3) is 0 Å². The number of nitrogens with one attached hydrogen (secondary N) is 1. The maximum absolute atomic E-state index is 8.54. The van der Waals surface area contributed by atoms with Crippen molar-refractivity contribution in [3.05, 3.63) is 22.6 Å². The molecule has 0 atom stereocenters. The minimum atomic E-state index is 0.376. The van der Waals surface area contributed by atoms with Crippen LogP contribution < -0.4 is 0 Å². The van der Waals surface area contributed by atoms with Crippen LogP contribution in [-0.4, -0.2) is 15.2 Å². The van der Waals surface area contributed by atoms with Crippen LogP contribution in [0.3, 0.4) is 0 Å². The van der Waals surface area contributed by atoms with E-state index in [1.54, 1.807) is 12.3 Å². The summed E-state index contributed by atoms with van der Waals surface area (Å²) in [6, 6.07) is 3.58. The molecule has 0 unspecified atom stereocenters. The zero-order chi connectivity index (χ0) is 8.55. The molecule has 0 radical (unpaired) electrons. The summed E-state index contributed by atoms with van der Waals surface area (Å²) in [5.74, 6) is 0. The standard InChI is InChI=1S/C7H3BrN4/c8-7-5-3-10-4(2-9)1-6(5)11-12-7/h1,3H,(H,11,12). The smallest absolute Gasteiger partial charge is 0.142 e. The molecule has 12 heavy (non-hydrogen) atoms. The maximum Gasteiger partial charge on any atom is 0.142 e. The number of pyridine rings is 1. The van der Waals surface area contributed by atoms with Gasteiger partial charge in [0.1, 0.15) is 16.4 Å². The fourth-order valence-corrected chi connectivity index (χ4v) is 1.33. The zero-order valence-electron chi connectivity index (χ0n) is 5.87. The van der Waals surface area contributed by atoms with Gasteiger partial charge in [-0.2, -0.15) is 10.4 Å². The minimum absolute atomic E-state index is 0.376. The van der Waals surface area contributed by atoms with Crippen molar-refractivity contribution < 1.29 is 0 Å². The van der Waals surface area contributed by atoms with Gasteiger partial charge in [-0.15, -0.1) is 0 Å². The Bertz CT molecular complexity index is 468. The van der Waals surface area contributed by atoms with E-state index in [4.69, 9.17) is 5.26 Å². The molecule has 4 nitrogen and oxygen atoms in total. The van der Waals surface area contributed by atoms with E-state index < -0.39 is 0 Å². The molecular weight excluding hydrogens is 220 g/mol. The molecule has 0 aromatic carbocycles. The van der Waals surface area contributed by atoms with Gasteiger partial charge in [-0.3, -0.25) is 5.10 Å². The molecule has 0 aliphatic heterocycles. The van der Waals surface area contributed by atoms with Crippen molar-refractivity contribution in [3.8, 4) is 6.07 Å². The largest absolute Gasteiger partial charge is 0.270 e. The maximum atomic E-state index is 8.54. The van der Waals surface area contributed by atoms with E-state index in [9.17, 15) is 0 Å². The van der Waals surface area contributed by atoms with Gasteiger partial charge in [0, 0.05) is 12.3 Å². The lowest BCUT2D eigenvalue weighted by molar-refractivity contribution is 1.09. The first-order chi connectivity index (χ1) is 5.81. The quantitative estimate of drug-likeness (QED) is 0.737. The molecule has 2 heterocycles. The third kappa shape index (κ3) is 0.970. The van der Waals surface area contributed by atoms with E-state index in [0.29, 0.717) is 5.69 Å². The average Bonchev–Trinajstić information content (AvgIpc) is 2.47. The first kappa shape index (κ1) is 7.25. The van der Waals surface area contributed by atoms with Crippen molar-refractivity contribution in [2.75, 3.05) is 0 Å². The third-order valence-electron chi connectivity index (χ3n) is 1.51. The third-order valence-corrected chi connectivity index (χ3v) is 2.11. The molecule has 0 saturated carbocycles. The van der Waals surface area contributed by atoms with Gasteiger partial charge >= 0.3 is 0 Å². The summed E-state index contributed by atoms with van der Waals surface area (Å²) >= 11 is 3.27. The van der Waals surface area contributed by atoms with Crippen molar-refractivity contribution in [2.45, 2.75) is 0 Å². The van der Waals surface area contributed by atoms with E-state index in [-0.39, 0.29) is 0 Å². The van der Waals surface area contributed by atoms with Crippen LogP contribution in [0.5, 0.6) is 0 Å². The highest BCUT2D eigenvalue weighted by Crippen LogP contribution is 2.19. The van der Waals surface area contributed by atoms with Gasteiger partial charge in [-0.05, 0) is 15.9 Å². The zero-order valence-corrected chi connectivity index (χ0v) is 7.46. The first-order valence-electron chi connectivity index (χ1n) is 3.21. The molecule has 5 heteroatoms. The molecular formula is C7H3BrN4. The van der Waals surface area contributed by atoms with Crippen molar-refractivity contribution in [2.24, 2.45) is 0 Å². The number of hydrogen-bond donors (Lipinski definition) is 1. The van der Waals surface area contributed by atoms with Crippen LogP contribution in [0.25, 0.3) is 10.9 Å². The summed E-state index contributed by atoms with van der Waals surface area (Å²) in [5.41, 5.74) is 1.12. The molecule has 58 valence electrons. The second-order valence-corrected chi connectivity index (χ2v) is 3.03. The Morgan fingerprint density at radius 2 is 2.42 bits per heavy atom. The Balaban J connectivity index is 2.80. The summed E-state index contributed by atoms with van der Waals surface area (Å²) in [4.78, 5) is 3.91. The second-order valence-electron chi connectivity index (χ2n) is 2.24. The van der Waals surface area contributed by atoms with Gasteiger partial charge < -0.3 is 0 Å². The van der Waals surface area contributed by atoms with Crippen molar-refractivity contribution in [1.29, 1.82) is 5.26 Å². The molecule has 2 rings (SSSR count). The van der Waals surface area contributed by atoms with Crippen molar-refractivity contribution in [1.82, 2.24) is 15.2 Å². The molecule has 2 aromatic heterocycles. The highest BCUT2D eigenvalue weighted by atomic mass is 79.9. The predicted molar refractivity (Wildman–Crippen MR) is 46.3 cm³/mol. The Morgan fingerprint density at radius 1 is 1.58 bits per heavy atom. The number of halogens is 1. The van der Waals surface area contributed by atoms with Gasteiger partial charge in [0.05, 0.1) is 10.9 Å². The lowest BCUT2D eigenvalue weighted by Crippen LogP contribution is -1.80. The van der Waals surface area contributed by atoms with E-state index in [2.05, 4.69) is 31.1 Å². The highest BCUT2D eigenvalue weighted by Gasteiger charge is 2.03. The van der Waals surface area contributed by atoms with Crippen LogP contribution in [0.15, 0.2) is 16.9 Å². The fraction of sp³-hybridized carbons (Fsp3) is 0. The molecule has 0 aliphatic carbocycles. The molecule has 0 fully saturated rings. The molecule has 2 aromatic rings. The van der Waals surface area contributed by atoms with E-state index in [0.717, 1.165) is 15.5 Å². The number of nitrogens with zero attached hydrogens (tertiary/aromatic N) is 3. The van der Waals surface area contributed by atoms with Crippen LogP contribution in [0.1, 0.15) is 5.69 Å². The molecule has 0 saturated heterocycles. The van der Waals surface area contributed by atoms with E-state index >= 15 is 0 Å². The molecule has 0 bridgehead atoms. The summed E-state index contributed by atoms with van der Waals surface area (Å²) in [6.07, 6.45) is 1.61. The van der Waals surface area contributed by atoms with Crippen molar-refractivity contribution in [3.63, 3.8) is 0 Å². The average molecular weight is 223 g/mol. The number of H-pyrrole nitrogens is 1. The lowest BCUT2D eigenvalue weighted by Gasteiger charge is -1.87. The van der Waals surface area contributed by atoms with Gasteiger partial charge in [-0.25, -0.2) is 4.98 Å². The summed E-state index contributed by atoms with van der Waals surface area (Å²) < 4.78 is 0.787. The number of hydrogen-bond acceptors (Lipinski definition) is 3. The van der Waals surface area contributed by atoms with Crippen LogP contribution in [0.4, 0.5) is 0 Å². The van der Waals surface area contributed by atoms with Crippen LogP contribution >= 0.6 is 15.9 Å². The van der Waals surface area contributed by atoms with E-state index in [1.165, 1.54) is 0 Å². The van der Waals surface area contributed by atoms with Gasteiger partial charge in [0.2, 0.25) is 0 Å². The number of aromatic amines is 1. The Hall–Kier alpha value is -1.41. The monoisotopic (exact) mass is 222 g/mol. The Kier molecular flexibility index (Phi) is 1.55. The Labute approximate surface area is 76.4 Å². The summed E-state index contributed by atoms with van der Waals surface area (Å²) in [6.45, 7) is 0. The molecule has 0 spiro atoms. The summed E-state index contributed by atoms with van der Waals surface area (Å²) in [7, 11) is 0. The highest BCUT2D eigenvalue weighted by molar-refractivity contribution is 9.10. The van der Waals surface area contributed by atoms with Crippen LogP contribution in [0.2, 0.25) is 0 Å². The summed E-state index contributed by atoms with van der Waals surface area (Å²) in [5, 5.41) is 16.1. The van der Waals surface area contributed by atoms with Crippen molar-refractivity contribution >= 4 is 26.8 Å². The second kappa shape index (κ2) is 2.57.